The van der Waals surface area contributed by atoms with Crippen molar-refractivity contribution in [3.8, 4) is 0 Å². The molecular weight excluding hydrogens is 366 g/mol. The lowest BCUT2D eigenvalue weighted by Crippen LogP contribution is -2.38. The van der Waals surface area contributed by atoms with E-state index in [1.807, 2.05) is 18.2 Å². The first-order valence-electron chi connectivity index (χ1n) is 11.4. The van der Waals surface area contributed by atoms with Crippen LogP contribution in [0.3, 0.4) is 0 Å². The van der Waals surface area contributed by atoms with E-state index in [9.17, 15) is 5.11 Å². The standard InChI is InChI=1S/C28H31NO/c1-21-17-19-24(20-18-21)28(30,23-13-7-3-8-14-23)27-26(22-11-5-2-6-12-22)29(27)25-15-9-4-10-16-25/h2-3,5-8,11-14,17-20,25-27,30H,4,9-10,15-16H2,1H3/t26-,27-,28-,29?/m0/s1. The molecule has 1 unspecified atom stereocenters. The quantitative estimate of drug-likeness (QED) is 0.535. The van der Waals surface area contributed by atoms with Crippen molar-refractivity contribution in [3.63, 3.8) is 0 Å². The fourth-order valence-corrected chi connectivity index (χ4v) is 5.54. The average Bonchev–Trinajstić information content (AvgIpc) is 3.57. The average molecular weight is 398 g/mol. The molecule has 0 amide bonds. The van der Waals surface area contributed by atoms with Crippen LogP contribution in [0.4, 0.5) is 0 Å². The van der Waals surface area contributed by atoms with E-state index in [4.69, 9.17) is 0 Å². The van der Waals surface area contributed by atoms with Gasteiger partial charge in [0.15, 0.2) is 0 Å². The number of hydrogen-bond donors (Lipinski definition) is 1. The van der Waals surface area contributed by atoms with Crippen LogP contribution < -0.4 is 0 Å². The molecular formula is C28H31NO. The largest absolute Gasteiger partial charge is 0.379 e. The summed E-state index contributed by atoms with van der Waals surface area (Å²) in [5.41, 5.74) is 3.47. The van der Waals surface area contributed by atoms with Crippen LogP contribution in [0, 0.1) is 6.92 Å². The molecule has 3 aromatic rings. The van der Waals surface area contributed by atoms with Gasteiger partial charge in [-0.05, 0) is 36.5 Å². The maximum atomic E-state index is 12.5. The van der Waals surface area contributed by atoms with Gasteiger partial charge in [0.25, 0.3) is 0 Å². The van der Waals surface area contributed by atoms with Gasteiger partial charge in [0.2, 0.25) is 0 Å². The highest BCUT2D eigenvalue weighted by atomic mass is 16.3. The van der Waals surface area contributed by atoms with Crippen LogP contribution in [0.25, 0.3) is 0 Å². The second kappa shape index (κ2) is 8.02. The normalized spacial score (nSPS) is 26.1. The zero-order chi connectivity index (χ0) is 20.6. The Hall–Kier alpha value is -2.42. The van der Waals surface area contributed by atoms with E-state index >= 15 is 0 Å². The summed E-state index contributed by atoms with van der Waals surface area (Å²) in [6, 6.07) is 30.4. The molecule has 2 fully saturated rings. The molecule has 2 nitrogen and oxygen atoms in total. The molecule has 0 spiro atoms. The summed E-state index contributed by atoms with van der Waals surface area (Å²) in [5.74, 6) is 0. The molecule has 0 radical (unpaired) electrons. The first-order chi connectivity index (χ1) is 14.7. The number of aryl methyl sites for hydroxylation is 1. The Labute approximate surface area is 180 Å². The van der Waals surface area contributed by atoms with Crippen molar-refractivity contribution in [1.82, 2.24) is 4.90 Å². The Morgan fingerprint density at radius 2 is 1.30 bits per heavy atom. The van der Waals surface area contributed by atoms with Gasteiger partial charge < -0.3 is 5.11 Å². The van der Waals surface area contributed by atoms with Crippen molar-refractivity contribution in [2.75, 3.05) is 0 Å². The predicted octanol–water partition coefficient (Wildman–Crippen LogP) is 5.99. The third-order valence-corrected chi connectivity index (χ3v) is 7.12. The van der Waals surface area contributed by atoms with Gasteiger partial charge in [0.05, 0.1) is 12.1 Å². The molecule has 1 aliphatic carbocycles. The summed E-state index contributed by atoms with van der Waals surface area (Å²) >= 11 is 0. The molecule has 1 aliphatic heterocycles. The fraction of sp³-hybridized carbons (Fsp3) is 0.357. The molecule has 0 bridgehead atoms. The zero-order valence-electron chi connectivity index (χ0n) is 17.7. The molecule has 0 aromatic heterocycles. The first kappa shape index (κ1) is 19.5. The van der Waals surface area contributed by atoms with Crippen LogP contribution >= 0.6 is 0 Å². The van der Waals surface area contributed by atoms with Gasteiger partial charge in [-0.15, -0.1) is 0 Å². The molecule has 1 saturated heterocycles. The Kier molecular flexibility index (Phi) is 5.22. The summed E-state index contributed by atoms with van der Waals surface area (Å²) in [6.45, 7) is 2.10. The van der Waals surface area contributed by atoms with E-state index < -0.39 is 5.60 Å². The van der Waals surface area contributed by atoms with E-state index in [1.54, 1.807) is 0 Å². The highest BCUT2D eigenvalue weighted by molar-refractivity contribution is 5.45. The molecule has 1 heterocycles. The van der Waals surface area contributed by atoms with E-state index in [2.05, 4.69) is 78.6 Å². The van der Waals surface area contributed by atoms with Crippen LogP contribution in [-0.2, 0) is 5.60 Å². The Bertz CT molecular complexity index is 963. The summed E-state index contributed by atoms with van der Waals surface area (Å²) in [6.07, 6.45) is 6.40. The van der Waals surface area contributed by atoms with Crippen LogP contribution in [0.15, 0.2) is 84.9 Å². The molecule has 2 aliphatic rings. The lowest BCUT2D eigenvalue weighted by molar-refractivity contribution is 0.0562. The summed E-state index contributed by atoms with van der Waals surface area (Å²) in [7, 11) is 0. The van der Waals surface area contributed by atoms with Crippen molar-refractivity contribution < 1.29 is 5.11 Å². The minimum absolute atomic E-state index is 0.0492. The molecule has 5 rings (SSSR count). The number of rotatable bonds is 5. The smallest absolute Gasteiger partial charge is 0.132 e. The SMILES string of the molecule is Cc1ccc([C@@](O)(c2ccccc2)[C@@H]2[C@H](c3ccccc3)N2C2CCCCC2)cc1. The van der Waals surface area contributed by atoms with E-state index in [0.717, 1.165) is 11.1 Å². The van der Waals surface area contributed by atoms with E-state index in [1.165, 1.54) is 43.2 Å². The maximum Gasteiger partial charge on any atom is 0.132 e. The molecule has 4 atom stereocenters. The number of aliphatic hydroxyl groups is 1. The number of nitrogens with zero attached hydrogens (tertiary/aromatic N) is 1. The number of hydrogen-bond acceptors (Lipinski definition) is 2. The monoisotopic (exact) mass is 397 g/mol. The minimum atomic E-state index is -1.03. The second-order valence-corrected chi connectivity index (χ2v) is 9.04. The van der Waals surface area contributed by atoms with Crippen molar-refractivity contribution in [2.45, 2.75) is 62.8 Å². The first-order valence-corrected chi connectivity index (χ1v) is 11.4. The second-order valence-electron chi connectivity index (χ2n) is 9.04. The van der Waals surface area contributed by atoms with Crippen molar-refractivity contribution in [3.05, 3.63) is 107 Å². The van der Waals surface area contributed by atoms with Crippen LogP contribution in [0.2, 0.25) is 0 Å². The van der Waals surface area contributed by atoms with Crippen LogP contribution in [0.1, 0.15) is 60.4 Å². The van der Waals surface area contributed by atoms with Crippen molar-refractivity contribution in [1.29, 1.82) is 0 Å². The highest BCUT2D eigenvalue weighted by Gasteiger charge is 2.62. The van der Waals surface area contributed by atoms with E-state index in [-0.39, 0.29) is 12.1 Å². The van der Waals surface area contributed by atoms with Gasteiger partial charge in [0, 0.05) is 6.04 Å². The summed E-state index contributed by atoms with van der Waals surface area (Å²) in [5, 5.41) is 12.5. The van der Waals surface area contributed by atoms with Gasteiger partial charge in [-0.2, -0.15) is 0 Å². The van der Waals surface area contributed by atoms with Gasteiger partial charge in [-0.3, -0.25) is 4.90 Å². The van der Waals surface area contributed by atoms with Crippen molar-refractivity contribution in [2.24, 2.45) is 0 Å². The zero-order valence-corrected chi connectivity index (χ0v) is 17.7. The van der Waals surface area contributed by atoms with Gasteiger partial charge >= 0.3 is 0 Å². The Morgan fingerprint density at radius 1 is 0.733 bits per heavy atom. The molecule has 30 heavy (non-hydrogen) atoms. The Morgan fingerprint density at radius 3 is 1.93 bits per heavy atom. The maximum absolute atomic E-state index is 12.5. The molecule has 1 saturated carbocycles. The Balaban J connectivity index is 1.62. The van der Waals surface area contributed by atoms with E-state index in [0.29, 0.717) is 6.04 Å². The fourth-order valence-electron chi connectivity index (χ4n) is 5.54. The molecule has 2 heteroatoms. The van der Waals surface area contributed by atoms with Gasteiger partial charge in [-0.1, -0.05) is 110 Å². The van der Waals surface area contributed by atoms with Gasteiger partial charge in [0.1, 0.15) is 5.60 Å². The topological polar surface area (TPSA) is 23.2 Å². The third-order valence-electron chi connectivity index (χ3n) is 7.12. The minimum Gasteiger partial charge on any atom is -0.379 e. The number of benzene rings is 3. The lowest BCUT2D eigenvalue weighted by atomic mass is 9.81. The van der Waals surface area contributed by atoms with Gasteiger partial charge in [-0.25, -0.2) is 0 Å². The lowest BCUT2D eigenvalue weighted by Gasteiger charge is -2.32. The van der Waals surface area contributed by atoms with Crippen LogP contribution in [-0.4, -0.2) is 22.1 Å². The van der Waals surface area contributed by atoms with Crippen LogP contribution in [0.5, 0.6) is 0 Å². The van der Waals surface area contributed by atoms with Crippen molar-refractivity contribution >= 4 is 0 Å². The molecule has 154 valence electrons. The summed E-state index contributed by atoms with van der Waals surface area (Å²) < 4.78 is 0. The highest BCUT2D eigenvalue weighted by Crippen LogP contribution is 2.57. The molecule has 3 aromatic carbocycles. The summed E-state index contributed by atoms with van der Waals surface area (Å²) in [4.78, 5) is 2.61. The molecule has 1 N–H and O–H groups in total. The third kappa shape index (κ3) is 3.38. The predicted molar refractivity (Wildman–Crippen MR) is 122 cm³/mol.